The van der Waals surface area contributed by atoms with Gasteiger partial charge in [0.2, 0.25) is 0 Å². The summed E-state index contributed by atoms with van der Waals surface area (Å²) in [5.74, 6) is 1.78. The molecule has 0 aromatic heterocycles. The standard InChI is InChI=1S/C20H25NO3/c1-5-23-17-8-6-16(7-9-17)21-20(22)13-24-18-10-11-19(14(2)3)15(4)12-18/h6-12,14H,5,13H2,1-4H3,(H,21,22). The van der Waals surface area contributed by atoms with Crippen LogP contribution >= 0.6 is 0 Å². The lowest BCUT2D eigenvalue weighted by molar-refractivity contribution is -0.118. The van der Waals surface area contributed by atoms with Crippen LogP contribution in [0.15, 0.2) is 42.5 Å². The highest BCUT2D eigenvalue weighted by molar-refractivity contribution is 5.91. The van der Waals surface area contributed by atoms with E-state index in [1.165, 1.54) is 11.1 Å². The van der Waals surface area contributed by atoms with Crippen molar-refractivity contribution in [3.8, 4) is 11.5 Å². The molecule has 0 unspecified atom stereocenters. The number of amides is 1. The highest BCUT2D eigenvalue weighted by Gasteiger charge is 2.07. The molecule has 1 amide bonds. The summed E-state index contributed by atoms with van der Waals surface area (Å²) in [6.45, 7) is 8.91. The molecule has 2 rings (SSSR count). The van der Waals surface area contributed by atoms with Gasteiger partial charge in [-0.1, -0.05) is 19.9 Å². The molecular weight excluding hydrogens is 302 g/mol. The average molecular weight is 327 g/mol. The van der Waals surface area contributed by atoms with Crippen LogP contribution in [0.2, 0.25) is 0 Å². The van der Waals surface area contributed by atoms with Gasteiger partial charge in [-0.25, -0.2) is 0 Å². The van der Waals surface area contributed by atoms with E-state index in [2.05, 4.69) is 32.2 Å². The number of benzene rings is 2. The smallest absolute Gasteiger partial charge is 0.262 e. The van der Waals surface area contributed by atoms with E-state index in [9.17, 15) is 4.79 Å². The third kappa shape index (κ3) is 5.01. The molecule has 0 saturated heterocycles. The predicted octanol–water partition coefficient (Wildman–Crippen LogP) is 4.53. The SMILES string of the molecule is CCOc1ccc(NC(=O)COc2ccc(C(C)C)c(C)c2)cc1. The van der Waals surface area contributed by atoms with Crippen molar-refractivity contribution in [1.82, 2.24) is 0 Å². The molecule has 0 spiro atoms. The van der Waals surface area contributed by atoms with Crippen molar-refractivity contribution in [2.24, 2.45) is 0 Å². The molecule has 4 heteroatoms. The minimum atomic E-state index is -0.190. The molecule has 0 fully saturated rings. The first-order valence-corrected chi connectivity index (χ1v) is 8.25. The van der Waals surface area contributed by atoms with E-state index >= 15 is 0 Å². The van der Waals surface area contributed by atoms with Gasteiger partial charge in [0.1, 0.15) is 11.5 Å². The fraction of sp³-hybridized carbons (Fsp3) is 0.350. The number of nitrogens with one attached hydrogen (secondary N) is 1. The molecule has 0 aliphatic carbocycles. The van der Waals surface area contributed by atoms with Crippen LogP contribution in [-0.2, 0) is 4.79 Å². The summed E-state index contributed by atoms with van der Waals surface area (Å²) in [5, 5.41) is 2.81. The van der Waals surface area contributed by atoms with Gasteiger partial charge < -0.3 is 14.8 Å². The maximum absolute atomic E-state index is 12.0. The van der Waals surface area contributed by atoms with Crippen LogP contribution in [0.5, 0.6) is 11.5 Å². The number of ether oxygens (including phenoxy) is 2. The number of aryl methyl sites for hydroxylation is 1. The number of carbonyl (C=O) groups is 1. The van der Waals surface area contributed by atoms with Crippen molar-refractivity contribution in [2.45, 2.75) is 33.6 Å². The molecule has 0 aliphatic rings. The molecule has 24 heavy (non-hydrogen) atoms. The summed E-state index contributed by atoms with van der Waals surface area (Å²) >= 11 is 0. The Kier molecular flexibility index (Phi) is 6.24. The Morgan fingerprint density at radius 2 is 1.71 bits per heavy atom. The molecule has 128 valence electrons. The van der Waals surface area contributed by atoms with Gasteiger partial charge in [-0.3, -0.25) is 4.79 Å². The van der Waals surface area contributed by atoms with Crippen molar-refractivity contribution >= 4 is 11.6 Å². The van der Waals surface area contributed by atoms with E-state index in [1.54, 1.807) is 0 Å². The minimum Gasteiger partial charge on any atom is -0.494 e. The second-order valence-corrected chi connectivity index (χ2v) is 5.97. The first-order chi connectivity index (χ1) is 11.5. The highest BCUT2D eigenvalue weighted by Crippen LogP contribution is 2.23. The van der Waals surface area contributed by atoms with Crippen molar-refractivity contribution in [3.63, 3.8) is 0 Å². The van der Waals surface area contributed by atoms with Gasteiger partial charge in [-0.2, -0.15) is 0 Å². The van der Waals surface area contributed by atoms with Crippen LogP contribution < -0.4 is 14.8 Å². The van der Waals surface area contributed by atoms with Gasteiger partial charge in [0.25, 0.3) is 5.91 Å². The van der Waals surface area contributed by atoms with Gasteiger partial charge in [0.05, 0.1) is 6.61 Å². The Hall–Kier alpha value is -2.49. The normalized spacial score (nSPS) is 10.5. The average Bonchev–Trinajstić information content (AvgIpc) is 2.55. The zero-order valence-corrected chi connectivity index (χ0v) is 14.8. The molecule has 0 bridgehead atoms. The maximum Gasteiger partial charge on any atom is 0.262 e. The molecular formula is C20H25NO3. The van der Waals surface area contributed by atoms with E-state index in [1.807, 2.05) is 43.3 Å². The molecule has 0 heterocycles. The second-order valence-electron chi connectivity index (χ2n) is 5.97. The van der Waals surface area contributed by atoms with Gasteiger partial charge in [-0.05, 0) is 67.3 Å². The van der Waals surface area contributed by atoms with E-state index in [4.69, 9.17) is 9.47 Å². The lowest BCUT2D eigenvalue weighted by Crippen LogP contribution is -2.20. The molecule has 2 aromatic carbocycles. The zero-order valence-electron chi connectivity index (χ0n) is 14.8. The fourth-order valence-electron chi connectivity index (χ4n) is 2.53. The summed E-state index contributed by atoms with van der Waals surface area (Å²) in [7, 11) is 0. The first kappa shape index (κ1) is 17.9. The molecule has 4 nitrogen and oxygen atoms in total. The van der Waals surface area contributed by atoms with Crippen LogP contribution in [0.4, 0.5) is 5.69 Å². The van der Waals surface area contributed by atoms with Gasteiger partial charge in [0, 0.05) is 5.69 Å². The van der Waals surface area contributed by atoms with Gasteiger partial charge in [-0.15, -0.1) is 0 Å². The van der Waals surface area contributed by atoms with E-state index in [0.717, 1.165) is 11.4 Å². The number of hydrogen-bond acceptors (Lipinski definition) is 3. The molecule has 0 aliphatic heterocycles. The van der Waals surface area contributed by atoms with Crippen molar-refractivity contribution < 1.29 is 14.3 Å². The van der Waals surface area contributed by atoms with Crippen molar-refractivity contribution in [1.29, 1.82) is 0 Å². The number of rotatable bonds is 7. The van der Waals surface area contributed by atoms with Crippen LogP contribution in [0.1, 0.15) is 37.8 Å². The van der Waals surface area contributed by atoms with Crippen LogP contribution in [0.3, 0.4) is 0 Å². The predicted molar refractivity (Wildman–Crippen MR) is 97.0 cm³/mol. The van der Waals surface area contributed by atoms with Crippen molar-refractivity contribution in [3.05, 3.63) is 53.6 Å². The van der Waals surface area contributed by atoms with Gasteiger partial charge in [0.15, 0.2) is 6.61 Å². The summed E-state index contributed by atoms with van der Waals surface area (Å²) in [4.78, 5) is 12.0. The maximum atomic E-state index is 12.0. The molecule has 0 radical (unpaired) electrons. The highest BCUT2D eigenvalue weighted by atomic mass is 16.5. The van der Waals surface area contributed by atoms with Crippen molar-refractivity contribution in [2.75, 3.05) is 18.5 Å². The quantitative estimate of drug-likeness (QED) is 0.812. The van der Waals surface area contributed by atoms with Crippen LogP contribution in [0, 0.1) is 6.92 Å². The Balaban J connectivity index is 1.87. The summed E-state index contributed by atoms with van der Waals surface area (Å²) in [5.41, 5.74) is 3.19. The second kappa shape index (κ2) is 8.39. The molecule has 2 aromatic rings. The summed E-state index contributed by atoms with van der Waals surface area (Å²) in [6, 6.07) is 13.2. The van der Waals surface area contributed by atoms with Crippen LogP contribution in [-0.4, -0.2) is 19.1 Å². The van der Waals surface area contributed by atoms with E-state index in [0.29, 0.717) is 18.3 Å². The number of hydrogen-bond donors (Lipinski definition) is 1. The Bertz CT molecular complexity index is 678. The summed E-state index contributed by atoms with van der Waals surface area (Å²) < 4.78 is 11.0. The topological polar surface area (TPSA) is 47.6 Å². The number of carbonyl (C=O) groups excluding carboxylic acids is 1. The van der Waals surface area contributed by atoms with E-state index in [-0.39, 0.29) is 12.5 Å². The molecule has 0 saturated carbocycles. The molecule has 0 atom stereocenters. The van der Waals surface area contributed by atoms with E-state index < -0.39 is 0 Å². The first-order valence-electron chi connectivity index (χ1n) is 8.25. The fourth-order valence-corrected chi connectivity index (χ4v) is 2.53. The molecule has 1 N–H and O–H groups in total. The largest absolute Gasteiger partial charge is 0.494 e. The lowest BCUT2D eigenvalue weighted by atomic mass is 9.98. The zero-order chi connectivity index (χ0) is 17.5. The van der Waals surface area contributed by atoms with Crippen LogP contribution in [0.25, 0.3) is 0 Å². The monoisotopic (exact) mass is 327 g/mol. The Labute approximate surface area is 143 Å². The third-order valence-corrected chi connectivity index (χ3v) is 3.68. The third-order valence-electron chi connectivity index (χ3n) is 3.68. The Morgan fingerprint density at radius 1 is 1.04 bits per heavy atom. The Morgan fingerprint density at radius 3 is 2.29 bits per heavy atom. The summed E-state index contributed by atoms with van der Waals surface area (Å²) in [6.07, 6.45) is 0. The minimum absolute atomic E-state index is 0.0202. The van der Waals surface area contributed by atoms with Gasteiger partial charge >= 0.3 is 0 Å². The number of anilines is 1. The lowest BCUT2D eigenvalue weighted by Gasteiger charge is -2.12.